The quantitative estimate of drug-likeness (QED) is 0.398. The number of hydrogen-bond donors (Lipinski definition) is 0. The van der Waals surface area contributed by atoms with Gasteiger partial charge < -0.3 is 11.0 Å². The van der Waals surface area contributed by atoms with Crippen LogP contribution in [0.15, 0.2) is 24.3 Å². The van der Waals surface area contributed by atoms with Gasteiger partial charge in [-0.1, -0.05) is 35.3 Å². The average Bonchev–Trinajstić information content (AvgIpc) is 1.77. The number of hydrogen-bond acceptors (Lipinski definition) is 0. The van der Waals surface area contributed by atoms with Crippen molar-refractivity contribution in [2.24, 2.45) is 0 Å². The van der Waals surface area contributed by atoms with Crippen molar-refractivity contribution >= 4 is 13.3 Å². The van der Waals surface area contributed by atoms with Crippen LogP contribution in [0.1, 0.15) is 5.56 Å². The molecule has 0 aliphatic heterocycles. The van der Waals surface area contributed by atoms with E-state index >= 15 is 0 Å². The lowest BCUT2D eigenvalue weighted by Gasteiger charge is -1.93. The molecule has 1 rings (SSSR count). The van der Waals surface area contributed by atoms with Crippen LogP contribution in [-0.4, -0.2) is 18.8 Å². The fourth-order valence-corrected chi connectivity index (χ4v) is 0.663. The molecule has 0 saturated heterocycles. The predicted molar refractivity (Wildman–Crippen MR) is 46.6 cm³/mol. The molecule has 3 heteroatoms. The van der Waals surface area contributed by atoms with Gasteiger partial charge in [0.2, 0.25) is 0 Å². The van der Waals surface area contributed by atoms with Crippen molar-refractivity contribution in [1.82, 2.24) is 0 Å². The Hall–Kier alpha value is -0.795. The molecule has 2 nitrogen and oxygen atoms in total. The number of benzene rings is 1. The minimum Gasteiger partial charge on any atom is -0.412 e. The minimum atomic E-state index is 0. The van der Waals surface area contributed by atoms with Gasteiger partial charge in [-0.2, -0.15) is 0 Å². The second-order valence-corrected chi connectivity index (χ2v) is 2.08. The van der Waals surface area contributed by atoms with E-state index in [0.717, 1.165) is 0 Å². The van der Waals surface area contributed by atoms with E-state index in [2.05, 4.69) is 39.0 Å². The second kappa shape index (κ2) is 5.03. The SMILES string of the molecule is Bc1ccccc1C.O.O. The molecule has 0 heterocycles. The first kappa shape index (κ1) is 11.9. The zero-order valence-corrected chi connectivity index (χ0v) is 6.31. The number of aryl methyl sites for hydroxylation is 1. The van der Waals surface area contributed by atoms with E-state index in [4.69, 9.17) is 0 Å². The largest absolute Gasteiger partial charge is 0.412 e. The fraction of sp³-hybridized carbons (Fsp3) is 0.143. The molecule has 0 aliphatic carbocycles. The lowest BCUT2D eigenvalue weighted by atomic mass is 9.92. The lowest BCUT2D eigenvalue weighted by Crippen LogP contribution is -2.04. The molecule has 1 aromatic rings. The molecule has 1 aromatic carbocycles. The van der Waals surface area contributed by atoms with Gasteiger partial charge in [-0.3, -0.25) is 0 Å². The van der Waals surface area contributed by atoms with Crippen LogP contribution < -0.4 is 5.46 Å². The molecule has 0 aliphatic rings. The Morgan fingerprint density at radius 1 is 1.10 bits per heavy atom. The van der Waals surface area contributed by atoms with E-state index in [1.54, 1.807) is 0 Å². The van der Waals surface area contributed by atoms with Gasteiger partial charge in [0, 0.05) is 0 Å². The van der Waals surface area contributed by atoms with Crippen LogP contribution in [0.5, 0.6) is 0 Å². The van der Waals surface area contributed by atoms with Crippen molar-refractivity contribution < 1.29 is 11.0 Å². The topological polar surface area (TPSA) is 63.0 Å². The molecule has 0 atom stereocenters. The third kappa shape index (κ3) is 2.66. The molecular weight excluding hydrogens is 127 g/mol. The van der Waals surface area contributed by atoms with Gasteiger partial charge in [0.25, 0.3) is 0 Å². The van der Waals surface area contributed by atoms with E-state index in [1.165, 1.54) is 11.0 Å². The molecule has 4 N–H and O–H groups in total. The minimum absolute atomic E-state index is 0. The molecule has 0 fully saturated rings. The van der Waals surface area contributed by atoms with Crippen molar-refractivity contribution in [1.29, 1.82) is 0 Å². The summed E-state index contributed by atoms with van der Waals surface area (Å²) in [5.41, 5.74) is 2.74. The summed E-state index contributed by atoms with van der Waals surface area (Å²) in [5, 5.41) is 0. The zero-order valence-electron chi connectivity index (χ0n) is 6.31. The first-order valence-electron chi connectivity index (χ1n) is 2.83. The van der Waals surface area contributed by atoms with Crippen LogP contribution in [-0.2, 0) is 0 Å². The summed E-state index contributed by atoms with van der Waals surface area (Å²) < 4.78 is 0. The van der Waals surface area contributed by atoms with Gasteiger partial charge in [-0.05, 0) is 6.92 Å². The van der Waals surface area contributed by atoms with Crippen LogP contribution in [0.3, 0.4) is 0 Å². The molecule has 0 spiro atoms. The van der Waals surface area contributed by atoms with Crippen molar-refractivity contribution in [2.45, 2.75) is 6.92 Å². The Morgan fingerprint density at radius 2 is 1.60 bits per heavy atom. The molecule has 0 amide bonds. The molecule has 0 bridgehead atoms. The van der Waals surface area contributed by atoms with Gasteiger partial charge in [-0.25, -0.2) is 0 Å². The van der Waals surface area contributed by atoms with Gasteiger partial charge in [0.1, 0.15) is 7.85 Å². The molecular formula is C7H13BO2. The van der Waals surface area contributed by atoms with Crippen molar-refractivity contribution in [2.75, 3.05) is 0 Å². The van der Waals surface area contributed by atoms with Gasteiger partial charge >= 0.3 is 0 Å². The lowest BCUT2D eigenvalue weighted by molar-refractivity contribution is 0.823. The highest BCUT2D eigenvalue weighted by Gasteiger charge is 1.83. The summed E-state index contributed by atoms with van der Waals surface area (Å²) >= 11 is 0. The average molecular weight is 140 g/mol. The summed E-state index contributed by atoms with van der Waals surface area (Å²) in [4.78, 5) is 0. The Kier molecular flexibility index (Phi) is 6.00. The van der Waals surface area contributed by atoms with Crippen LogP contribution in [0, 0.1) is 6.92 Å². The second-order valence-electron chi connectivity index (χ2n) is 2.08. The van der Waals surface area contributed by atoms with Crippen LogP contribution in [0.4, 0.5) is 0 Å². The van der Waals surface area contributed by atoms with Crippen LogP contribution >= 0.6 is 0 Å². The first-order chi connectivity index (χ1) is 3.80. The van der Waals surface area contributed by atoms with Gasteiger partial charge in [0.05, 0.1) is 0 Å². The maximum atomic E-state index is 2.12. The van der Waals surface area contributed by atoms with Crippen LogP contribution in [0.25, 0.3) is 0 Å². The normalized spacial score (nSPS) is 7.30. The van der Waals surface area contributed by atoms with E-state index in [0.29, 0.717) is 0 Å². The summed E-state index contributed by atoms with van der Waals surface area (Å²) in [6.45, 7) is 2.12. The summed E-state index contributed by atoms with van der Waals surface area (Å²) in [5.74, 6) is 0. The third-order valence-corrected chi connectivity index (χ3v) is 1.43. The maximum Gasteiger partial charge on any atom is 0.139 e. The summed E-state index contributed by atoms with van der Waals surface area (Å²) in [6.07, 6.45) is 0. The summed E-state index contributed by atoms with van der Waals surface area (Å²) in [6, 6.07) is 8.36. The van der Waals surface area contributed by atoms with Crippen molar-refractivity contribution in [3.05, 3.63) is 29.8 Å². The molecule has 10 heavy (non-hydrogen) atoms. The highest BCUT2D eigenvalue weighted by molar-refractivity contribution is 6.33. The first-order valence-corrected chi connectivity index (χ1v) is 2.83. The van der Waals surface area contributed by atoms with Gasteiger partial charge in [0.15, 0.2) is 0 Å². The van der Waals surface area contributed by atoms with E-state index < -0.39 is 0 Å². The standard InChI is InChI=1S/C7H9B.2H2O/c1-6-4-2-3-5-7(6)8;;/h2-5H,8H2,1H3;2*1H2. The van der Waals surface area contributed by atoms with E-state index in [1.807, 2.05) is 0 Å². The van der Waals surface area contributed by atoms with Crippen molar-refractivity contribution in [3.63, 3.8) is 0 Å². The molecule has 56 valence electrons. The predicted octanol–water partition coefficient (Wildman–Crippen LogP) is -1.40. The monoisotopic (exact) mass is 140 g/mol. The third-order valence-electron chi connectivity index (χ3n) is 1.43. The highest BCUT2D eigenvalue weighted by atomic mass is 16.0. The number of rotatable bonds is 0. The maximum absolute atomic E-state index is 2.12. The molecule has 0 saturated carbocycles. The Bertz CT molecular complexity index is 168. The van der Waals surface area contributed by atoms with E-state index in [-0.39, 0.29) is 11.0 Å². The fourth-order valence-electron chi connectivity index (χ4n) is 0.663. The Labute approximate surface area is 61.9 Å². The smallest absolute Gasteiger partial charge is 0.139 e. The zero-order chi connectivity index (χ0) is 5.98. The Morgan fingerprint density at radius 3 is 1.90 bits per heavy atom. The van der Waals surface area contributed by atoms with Crippen LogP contribution in [0.2, 0.25) is 0 Å². The molecule has 0 aromatic heterocycles. The van der Waals surface area contributed by atoms with Crippen molar-refractivity contribution in [3.8, 4) is 0 Å². The molecule has 0 unspecified atom stereocenters. The molecule has 0 radical (unpaired) electrons. The van der Waals surface area contributed by atoms with Gasteiger partial charge in [-0.15, -0.1) is 0 Å². The van der Waals surface area contributed by atoms with E-state index in [9.17, 15) is 0 Å². The summed E-state index contributed by atoms with van der Waals surface area (Å²) in [7, 11) is 2.12. The Balaban J connectivity index is 0. The highest BCUT2D eigenvalue weighted by Crippen LogP contribution is 1.88.